The largest absolute Gasteiger partial charge is 0.389 e. The summed E-state index contributed by atoms with van der Waals surface area (Å²) in [4.78, 5) is 6.52. The fourth-order valence-corrected chi connectivity index (χ4v) is 1.96. The van der Waals surface area contributed by atoms with Crippen LogP contribution < -0.4 is 4.90 Å². The predicted octanol–water partition coefficient (Wildman–Crippen LogP) is 2.01. The maximum absolute atomic E-state index is 9.87. The van der Waals surface area contributed by atoms with Gasteiger partial charge in [-0.2, -0.15) is 0 Å². The number of pyridine rings is 1. The van der Waals surface area contributed by atoms with Crippen LogP contribution in [0, 0.1) is 0 Å². The highest BCUT2D eigenvalue weighted by atomic mass is 16.5. The predicted molar refractivity (Wildman–Crippen MR) is 80.1 cm³/mol. The zero-order valence-corrected chi connectivity index (χ0v) is 12.7. The molecule has 1 atom stereocenters. The molecule has 114 valence electrons. The zero-order valence-electron chi connectivity index (χ0n) is 12.7. The van der Waals surface area contributed by atoms with Crippen LogP contribution in [0.4, 0.5) is 5.82 Å². The van der Waals surface area contributed by atoms with Crippen molar-refractivity contribution in [3.63, 3.8) is 0 Å². The second-order valence-electron chi connectivity index (χ2n) is 4.47. The molecule has 1 aromatic heterocycles. The van der Waals surface area contributed by atoms with Crippen molar-refractivity contribution < 1.29 is 14.6 Å². The average molecular weight is 282 g/mol. The lowest BCUT2D eigenvalue weighted by atomic mass is 10.1. The van der Waals surface area contributed by atoms with Gasteiger partial charge in [0, 0.05) is 38.1 Å². The van der Waals surface area contributed by atoms with Crippen molar-refractivity contribution in [2.75, 3.05) is 44.4 Å². The number of aliphatic hydroxyl groups excluding tert-OH is 1. The van der Waals surface area contributed by atoms with Gasteiger partial charge in [-0.3, -0.25) is 0 Å². The molecule has 0 spiro atoms. The van der Waals surface area contributed by atoms with Crippen LogP contribution in [0.1, 0.15) is 32.4 Å². The lowest BCUT2D eigenvalue weighted by molar-refractivity contribution is 0.140. The molecule has 1 aromatic rings. The summed E-state index contributed by atoms with van der Waals surface area (Å²) in [7, 11) is 0. The van der Waals surface area contributed by atoms with E-state index in [1.807, 2.05) is 26.0 Å². The first-order valence-electron chi connectivity index (χ1n) is 7.24. The van der Waals surface area contributed by atoms with Crippen molar-refractivity contribution in [2.45, 2.75) is 26.9 Å². The molecule has 0 aliphatic heterocycles. The summed E-state index contributed by atoms with van der Waals surface area (Å²) in [6.07, 6.45) is 1.20. The summed E-state index contributed by atoms with van der Waals surface area (Å²) >= 11 is 0. The van der Waals surface area contributed by atoms with Gasteiger partial charge in [-0.15, -0.1) is 0 Å². The Morgan fingerprint density at radius 2 is 1.80 bits per heavy atom. The molecule has 1 heterocycles. The number of anilines is 1. The van der Waals surface area contributed by atoms with Crippen LogP contribution in [0.25, 0.3) is 0 Å². The summed E-state index contributed by atoms with van der Waals surface area (Å²) in [5.41, 5.74) is 0.834. The highest BCUT2D eigenvalue weighted by Gasteiger charge is 2.15. The first-order valence-corrected chi connectivity index (χ1v) is 7.24. The Labute approximate surface area is 121 Å². The van der Waals surface area contributed by atoms with Crippen molar-refractivity contribution in [1.82, 2.24) is 4.98 Å². The topological polar surface area (TPSA) is 54.8 Å². The molecule has 0 saturated carbocycles. The van der Waals surface area contributed by atoms with Crippen LogP contribution in [0.3, 0.4) is 0 Å². The van der Waals surface area contributed by atoms with Gasteiger partial charge in [0.05, 0.1) is 19.3 Å². The minimum atomic E-state index is -0.541. The molecule has 5 heteroatoms. The quantitative estimate of drug-likeness (QED) is 0.665. The molecule has 0 fully saturated rings. The summed E-state index contributed by atoms with van der Waals surface area (Å²) in [5, 5.41) is 9.87. The van der Waals surface area contributed by atoms with Crippen LogP contribution in [0.5, 0.6) is 0 Å². The molecule has 0 aliphatic rings. The Kier molecular flexibility index (Phi) is 8.18. The maximum atomic E-state index is 9.87. The smallest absolute Gasteiger partial charge is 0.134 e. The molecular weight excluding hydrogens is 256 g/mol. The second kappa shape index (κ2) is 9.69. The summed E-state index contributed by atoms with van der Waals surface area (Å²) in [6, 6.07) is 3.75. The molecular formula is C15H26N2O3. The Morgan fingerprint density at radius 1 is 1.20 bits per heavy atom. The number of aromatic nitrogens is 1. The molecule has 0 aromatic carbocycles. The fourth-order valence-electron chi connectivity index (χ4n) is 1.96. The molecule has 5 nitrogen and oxygen atoms in total. The van der Waals surface area contributed by atoms with Crippen molar-refractivity contribution in [3.8, 4) is 0 Å². The van der Waals surface area contributed by atoms with E-state index in [-0.39, 0.29) is 0 Å². The molecule has 0 aliphatic carbocycles. The van der Waals surface area contributed by atoms with Crippen LogP contribution in [-0.2, 0) is 9.47 Å². The van der Waals surface area contributed by atoms with Crippen molar-refractivity contribution in [1.29, 1.82) is 0 Å². The maximum Gasteiger partial charge on any atom is 0.134 e. The van der Waals surface area contributed by atoms with Gasteiger partial charge in [0.1, 0.15) is 5.82 Å². The highest BCUT2D eigenvalue weighted by Crippen LogP contribution is 2.23. The first kappa shape index (κ1) is 16.9. The van der Waals surface area contributed by atoms with Gasteiger partial charge >= 0.3 is 0 Å². The third-order valence-corrected chi connectivity index (χ3v) is 2.99. The van der Waals surface area contributed by atoms with Crippen LogP contribution >= 0.6 is 0 Å². The molecule has 0 unspecified atom stereocenters. The molecule has 0 radical (unpaired) electrons. The van der Waals surface area contributed by atoms with Crippen molar-refractivity contribution in [2.24, 2.45) is 0 Å². The third kappa shape index (κ3) is 5.45. The van der Waals surface area contributed by atoms with Gasteiger partial charge in [0.2, 0.25) is 0 Å². The van der Waals surface area contributed by atoms with E-state index in [1.165, 1.54) is 0 Å². The van der Waals surface area contributed by atoms with Crippen LogP contribution in [-0.4, -0.2) is 49.6 Å². The molecule has 0 bridgehead atoms. The summed E-state index contributed by atoms with van der Waals surface area (Å²) < 4.78 is 10.8. The lowest BCUT2D eigenvalue weighted by Gasteiger charge is -2.26. The Balaban J connectivity index is 2.79. The normalized spacial score (nSPS) is 12.4. The number of ether oxygens (including phenoxy) is 2. The Morgan fingerprint density at radius 3 is 2.30 bits per heavy atom. The molecule has 0 saturated heterocycles. The third-order valence-electron chi connectivity index (χ3n) is 2.99. The first-order chi connectivity index (χ1) is 9.70. The molecule has 1 N–H and O–H groups in total. The van der Waals surface area contributed by atoms with Crippen molar-refractivity contribution >= 4 is 5.82 Å². The van der Waals surface area contributed by atoms with E-state index in [1.54, 1.807) is 13.1 Å². The van der Waals surface area contributed by atoms with Gasteiger partial charge in [-0.25, -0.2) is 4.98 Å². The van der Waals surface area contributed by atoms with Crippen LogP contribution in [0.15, 0.2) is 18.3 Å². The highest BCUT2D eigenvalue weighted by molar-refractivity contribution is 5.47. The van der Waals surface area contributed by atoms with E-state index in [0.29, 0.717) is 26.4 Å². The number of nitrogens with zero attached hydrogens (tertiary/aromatic N) is 2. The van der Waals surface area contributed by atoms with E-state index >= 15 is 0 Å². The minimum Gasteiger partial charge on any atom is -0.389 e. The minimum absolute atomic E-state index is 0.541. The van der Waals surface area contributed by atoms with E-state index in [4.69, 9.17) is 9.47 Å². The monoisotopic (exact) mass is 282 g/mol. The summed E-state index contributed by atoms with van der Waals surface area (Å²) in [5.74, 6) is 0.807. The Hall–Kier alpha value is -1.17. The standard InChI is InChI=1S/C15H26N2O3/c1-4-19-11-9-17(10-12-20-5-2)15-14(13(3)18)7-6-8-16-15/h6-8,13,18H,4-5,9-12H2,1-3H3/t13-/m0/s1. The van der Waals surface area contributed by atoms with Gasteiger partial charge in [0.15, 0.2) is 0 Å². The number of rotatable bonds is 10. The number of hydrogen-bond donors (Lipinski definition) is 1. The van der Waals surface area contributed by atoms with E-state index in [9.17, 15) is 5.11 Å². The number of hydrogen-bond acceptors (Lipinski definition) is 5. The van der Waals surface area contributed by atoms with Gasteiger partial charge < -0.3 is 19.5 Å². The van der Waals surface area contributed by atoms with Gasteiger partial charge in [0.25, 0.3) is 0 Å². The second-order valence-corrected chi connectivity index (χ2v) is 4.47. The fraction of sp³-hybridized carbons (Fsp3) is 0.667. The van der Waals surface area contributed by atoms with Crippen molar-refractivity contribution in [3.05, 3.63) is 23.9 Å². The van der Waals surface area contributed by atoms with E-state index in [0.717, 1.165) is 24.5 Å². The van der Waals surface area contributed by atoms with Gasteiger partial charge in [-0.05, 0) is 26.8 Å². The lowest BCUT2D eigenvalue weighted by Crippen LogP contribution is -2.32. The summed E-state index contributed by atoms with van der Waals surface area (Å²) in [6.45, 7) is 9.85. The van der Waals surface area contributed by atoms with E-state index < -0.39 is 6.10 Å². The average Bonchev–Trinajstić information content (AvgIpc) is 2.46. The zero-order chi connectivity index (χ0) is 14.8. The van der Waals surface area contributed by atoms with E-state index in [2.05, 4.69) is 9.88 Å². The Bertz CT molecular complexity index is 362. The molecule has 0 amide bonds. The SMILES string of the molecule is CCOCCN(CCOCC)c1ncccc1[C@H](C)O. The number of aliphatic hydroxyl groups is 1. The molecule has 1 rings (SSSR count). The van der Waals surface area contributed by atoms with Crippen LogP contribution in [0.2, 0.25) is 0 Å². The molecule has 20 heavy (non-hydrogen) atoms. The van der Waals surface area contributed by atoms with Gasteiger partial charge in [-0.1, -0.05) is 6.07 Å².